The van der Waals surface area contributed by atoms with Crippen molar-refractivity contribution in [3.05, 3.63) is 39.4 Å². The monoisotopic (exact) mass is 266 g/mol. The molecule has 104 valence electrons. The van der Waals surface area contributed by atoms with Gasteiger partial charge in [0, 0.05) is 25.8 Å². The van der Waals surface area contributed by atoms with Gasteiger partial charge in [-0.3, -0.25) is 14.9 Å². The summed E-state index contributed by atoms with van der Waals surface area (Å²) in [4.78, 5) is 24.3. The number of aliphatic hydroxyl groups excluding tert-OH is 1. The Balaban J connectivity index is 3.13. The van der Waals surface area contributed by atoms with Crippen molar-refractivity contribution in [2.75, 3.05) is 19.7 Å². The average molecular weight is 266 g/mol. The van der Waals surface area contributed by atoms with Crippen LogP contribution in [0.15, 0.2) is 18.2 Å². The molecular formula is C13H18N2O4. The van der Waals surface area contributed by atoms with Gasteiger partial charge in [-0.2, -0.15) is 0 Å². The number of aliphatic hydroxyl groups is 1. The van der Waals surface area contributed by atoms with Gasteiger partial charge in [0.05, 0.1) is 4.92 Å². The van der Waals surface area contributed by atoms with Crippen LogP contribution in [0.2, 0.25) is 0 Å². The SMILES string of the molecule is CCN(CCCO)C(=O)c1c(C)cccc1[N+](=O)[O-]. The Morgan fingerprint density at radius 2 is 2.16 bits per heavy atom. The van der Waals surface area contributed by atoms with Gasteiger partial charge >= 0.3 is 0 Å². The number of aryl methyl sites for hydroxylation is 1. The number of nitrogens with zero attached hydrogens (tertiary/aromatic N) is 2. The molecule has 0 heterocycles. The highest BCUT2D eigenvalue weighted by atomic mass is 16.6. The van der Waals surface area contributed by atoms with Gasteiger partial charge in [0.15, 0.2) is 0 Å². The number of benzene rings is 1. The molecule has 0 aliphatic carbocycles. The van der Waals surface area contributed by atoms with Crippen LogP contribution < -0.4 is 0 Å². The highest BCUT2D eigenvalue weighted by molar-refractivity contribution is 5.99. The van der Waals surface area contributed by atoms with E-state index in [-0.39, 0.29) is 23.8 Å². The van der Waals surface area contributed by atoms with E-state index in [0.29, 0.717) is 25.1 Å². The van der Waals surface area contributed by atoms with Crippen molar-refractivity contribution >= 4 is 11.6 Å². The minimum Gasteiger partial charge on any atom is -0.396 e. The highest BCUT2D eigenvalue weighted by Crippen LogP contribution is 2.23. The summed E-state index contributed by atoms with van der Waals surface area (Å²) >= 11 is 0. The lowest BCUT2D eigenvalue weighted by molar-refractivity contribution is -0.385. The molecule has 0 atom stereocenters. The Kier molecular flexibility index (Phi) is 5.44. The predicted octanol–water partition coefficient (Wildman–Crippen LogP) is 1.75. The molecule has 0 unspecified atom stereocenters. The van der Waals surface area contributed by atoms with Crippen LogP contribution >= 0.6 is 0 Å². The van der Waals surface area contributed by atoms with E-state index in [4.69, 9.17) is 5.11 Å². The van der Waals surface area contributed by atoms with E-state index < -0.39 is 4.92 Å². The number of nitro groups is 1. The molecule has 6 heteroatoms. The first-order valence-corrected chi connectivity index (χ1v) is 6.17. The van der Waals surface area contributed by atoms with Gasteiger partial charge in [-0.25, -0.2) is 0 Å². The molecule has 0 fully saturated rings. The summed E-state index contributed by atoms with van der Waals surface area (Å²) in [6.07, 6.45) is 0.458. The molecule has 1 aromatic rings. The largest absolute Gasteiger partial charge is 0.396 e. The lowest BCUT2D eigenvalue weighted by Gasteiger charge is -2.21. The van der Waals surface area contributed by atoms with Gasteiger partial charge in [-0.15, -0.1) is 0 Å². The third kappa shape index (κ3) is 3.51. The highest BCUT2D eigenvalue weighted by Gasteiger charge is 2.25. The van der Waals surface area contributed by atoms with Crippen molar-refractivity contribution in [1.29, 1.82) is 0 Å². The predicted molar refractivity (Wildman–Crippen MR) is 71.1 cm³/mol. The third-order valence-corrected chi connectivity index (χ3v) is 2.92. The quantitative estimate of drug-likeness (QED) is 0.628. The zero-order valence-electron chi connectivity index (χ0n) is 11.1. The minimum absolute atomic E-state index is 0.0142. The van der Waals surface area contributed by atoms with Crippen LogP contribution in [-0.4, -0.2) is 40.5 Å². The number of amides is 1. The van der Waals surface area contributed by atoms with Crippen molar-refractivity contribution in [2.24, 2.45) is 0 Å². The van der Waals surface area contributed by atoms with Gasteiger partial charge < -0.3 is 10.0 Å². The molecule has 0 aliphatic heterocycles. The molecule has 0 bridgehead atoms. The summed E-state index contributed by atoms with van der Waals surface area (Å²) in [5.74, 6) is -0.360. The summed E-state index contributed by atoms with van der Waals surface area (Å²) in [6.45, 7) is 4.31. The molecule has 0 aromatic heterocycles. The van der Waals surface area contributed by atoms with E-state index in [1.807, 2.05) is 0 Å². The van der Waals surface area contributed by atoms with Gasteiger partial charge in [0.2, 0.25) is 0 Å². The Bertz CT molecular complexity index is 474. The van der Waals surface area contributed by atoms with E-state index in [1.165, 1.54) is 11.0 Å². The molecule has 0 aliphatic rings. The molecule has 1 rings (SSSR count). The maximum atomic E-state index is 12.4. The summed E-state index contributed by atoms with van der Waals surface area (Å²) in [5, 5.41) is 19.8. The second-order valence-corrected chi connectivity index (χ2v) is 4.19. The summed E-state index contributed by atoms with van der Waals surface area (Å²) in [5.41, 5.74) is 0.543. The minimum atomic E-state index is -0.542. The summed E-state index contributed by atoms with van der Waals surface area (Å²) in [7, 11) is 0. The fourth-order valence-electron chi connectivity index (χ4n) is 1.91. The van der Waals surface area contributed by atoms with Crippen LogP contribution in [0.3, 0.4) is 0 Å². The number of hydrogen-bond donors (Lipinski definition) is 1. The van der Waals surface area contributed by atoms with E-state index in [2.05, 4.69) is 0 Å². The van der Waals surface area contributed by atoms with Crippen molar-refractivity contribution in [2.45, 2.75) is 20.3 Å². The number of rotatable bonds is 6. The normalized spacial score (nSPS) is 10.3. The van der Waals surface area contributed by atoms with Gasteiger partial charge in [0.1, 0.15) is 5.56 Å². The number of carbonyl (C=O) groups excluding carboxylic acids is 1. The molecule has 6 nitrogen and oxygen atoms in total. The van der Waals surface area contributed by atoms with Crippen LogP contribution in [0.5, 0.6) is 0 Å². The topological polar surface area (TPSA) is 83.7 Å². The fourth-order valence-corrected chi connectivity index (χ4v) is 1.91. The molecule has 1 aromatic carbocycles. The molecule has 1 N–H and O–H groups in total. The number of nitro benzene ring substituents is 1. The number of hydrogen-bond acceptors (Lipinski definition) is 4. The fraction of sp³-hybridized carbons (Fsp3) is 0.462. The van der Waals surface area contributed by atoms with E-state index in [0.717, 1.165) is 0 Å². The zero-order valence-corrected chi connectivity index (χ0v) is 11.1. The Labute approximate surface area is 111 Å². The average Bonchev–Trinajstić information content (AvgIpc) is 2.38. The van der Waals surface area contributed by atoms with Crippen molar-refractivity contribution in [1.82, 2.24) is 4.90 Å². The van der Waals surface area contributed by atoms with Crippen molar-refractivity contribution < 1.29 is 14.8 Å². The molecule has 1 amide bonds. The first-order valence-electron chi connectivity index (χ1n) is 6.17. The first-order chi connectivity index (χ1) is 9.02. The van der Waals surface area contributed by atoms with E-state index >= 15 is 0 Å². The summed E-state index contributed by atoms with van der Waals surface area (Å²) < 4.78 is 0. The molecule has 0 saturated heterocycles. The van der Waals surface area contributed by atoms with Gasteiger partial charge in [0.25, 0.3) is 11.6 Å². The standard InChI is InChI=1S/C13H18N2O4/c1-3-14(8-5-9-16)13(17)12-10(2)6-4-7-11(12)15(18)19/h4,6-7,16H,3,5,8-9H2,1-2H3. The lowest BCUT2D eigenvalue weighted by atomic mass is 10.1. The zero-order chi connectivity index (χ0) is 14.4. The van der Waals surface area contributed by atoms with Crippen LogP contribution in [0.4, 0.5) is 5.69 Å². The van der Waals surface area contributed by atoms with Crippen molar-refractivity contribution in [3.8, 4) is 0 Å². The second kappa shape index (κ2) is 6.84. The number of carbonyl (C=O) groups is 1. The van der Waals surface area contributed by atoms with Gasteiger partial charge in [-0.1, -0.05) is 12.1 Å². The third-order valence-electron chi connectivity index (χ3n) is 2.92. The lowest BCUT2D eigenvalue weighted by Crippen LogP contribution is -2.33. The van der Waals surface area contributed by atoms with Crippen LogP contribution in [0.25, 0.3) is 0 Å². The first kappa shape index (κ1) is 15.1. The molecule has 0 radical (unpaired) electrons. The Morgan fingerprint density at radius 1 is 1.47 bits per heavy atom. The summed E-state index contributed by atoms with van der Waals surface area (Å²) in [6, 6.07) is 4.58. The molecule has 0 spiro atoms. The molecule has 19 heavy (non-hydrogen) atoms. The maximum Gasteiger partial charge on any atom is 0.282 e. The van der Waals surface area contributed by atoms with Gasteiger partial charge in [-0.05, 0) is 25.8 Å². The molecular weight excluding hydrogens is 248 g/mol. The Hall–Kier alpha value is -1.95. The van der Waals surface area contributed by atoms with Crippen LogP contribution in [-0.2, 0) is 0 Å². The maximum absolute atomic E-state index is 12.4. The van der Waals surface area contributed by atoms with E-state index in [1.54, 1.807) is 26.0 Å². The van der Waals surface area contributed by atoms with Crippen LogP contribution in [0, 0.1) is 17.0 Å². The van der Waals surface area contributed by atoms with Crippen molar-refractivity contribution in [3.63, 3.8) is 0 Å². The van der Waals surface area contributed by atoms with E-state index in [9.17, 15) is 14.9 Å². The molecule has 0 saturated carbocycles. The van der Waals surface area contributed by atoms with Crippen LogP contribution in [0.1, 0.15) is 29.3 Å². The smallest absolute Gasteiger partial charge is 0.282 e. The second-order valence-electron chi connectivity index (χ2n) is 4.19. The Morgan fingerprint density at radius 3 is 2.68 bits per heavy atom.